The fourth-order valence-corrected chi connectivity index (χ4v) is 2.94. The lowest BCUT2D eigenvalue weighted by molar-refractivity contribution is 0.0187. The first-order chi connectivity index (χ1) is 12.3. The summed E-state index contributed by atoms with van der Waals surface area (Å²) in [7, 11) is 0. The number of para-hydroxylation sites is 1. The van der Waals surface area contributed by atoms with Crippen molar-refractivity contribution >= 4 is 36.7 Å². The number of β-amino-alcohol motifs (C(OH)–C–C–N with tert-alkyl or cyclic N) is 1. The van der Waals surface area contributed by atoms with E-state index in [-0.39, 0.29) is 31.4 Å². The van der Waals surface area contributed by atoms with E-state index in [1.165, 1.54) is 5.69 Å². The van der Waals surface area contributed by atoms with E-state index in [0.717, 1.165) is 31.7 Å². The van der Waals surface area contributed by atoms with Crippen molar-refractivity contribution in [2.45, 2.75) is 6.10 Å². The molecule has 1 fully saturated rings. The van der Waals surface area contributed by atoms with Gasteiger partial charge in [0.25, 0.3) is 0 Å². The Labute approximate surface area is 173 Å². The van der Waals surface area contributed by atoms with Gasteiger partial charge < -0.3 is 14.8 Å². The van der Waals surface area contributed by atoms with Crippen molar-refractivity contribution in [1.29, 1.82) is 0 Å². The molecule has 0 radical (unpaired) electrons. The van der Waals surface area contributed by atoms with E-state index in [4.69, 9.17) is 4.84 Å². The summed E-state index contributed by atoms with van der Waals surface area (Å²) in [5.74, 6) is 0. The summed E-state index contributed by atoms with van der Waals surface area (Å²) in [6.07, 6.45) is 1.13. The number of rotatable bonds is 7. The summed E-state index contributed by atoms with van der Waals surface area (Å²) < 4.78 is 0. The summed E-state index contributed by atoms with van der Waals surface area (Å²) in [4.78, 5) is 9.86. The molecule has 1 aliphatic heterocycles. The summed E-state index contributed by atoms with van der Waals surface area (Å²) in [5, 5.41) is 14.0. The van der Waals surface area contributed by atoms with E-state index < -0.39 is 6.10 Å². The van der Waals surface area contributed by atoms with E-state index in [2.05, 4.69) is 39.2 Å². The van der Waals surface area contributed by atoms with Gasteiger partial charge in [0.2, 0.25) is 0 Å². The Morgan fingerprint density at radius 1 is 0.926 bits per heavy atom. The second-order valence-electron chi connectivity index (χ2n) is 6.22. The molecule has 148 valence electrons. The van der Waals surface area contributed by atoms with Crippen molar-refractivity contribution in [3.8, 4) is 0 Å². The molecule has 0 spiro atoms. The van der Waals surface area contributed by atoms with Crippen LogP contribution in [0, 0.1) is 0 Å². The first kappa shape index (κ1) is 23.2. The van der Waals surface area contributed by atoms with E-state index >= 15 is 0 Å². The number of aliphatic hydroxyl groups excluding tert-OH is 1. The van der Waals surface area contributed by atoms with E-state index in [1.807, 2.05) is 36.4 Å². The quantitative estimate of drug-likeness (QED) is 0.561. The topological polar surface area (TPSA) is 48.3 Å². The van der Waals surface area contributed by atoms with Crippen molar-refractivity contribution in [3.63, 3.8) is 0 Å². The molecular formula is C20H27Cl2N3O2. The number of aliphatic hydroxyl groups is 1. The summed E-state index contributed by atoms with van der Waals surface area (Å²) >= 11 is 0. The number of anilines is 1. The molecule has 7 heteroatoms. The molecule has 3 rings (SSSR count). The predicted molar refractivity (Wildman–Crippen MR) is 116 cm³/mol. The summed E-state index contributed by atoms with van der Waals surface area (Å²) in [5.41, 5.74) is 2.25. The summed E-state index contributed by atoms with van der Waals surface area (Å²) in [6.45, 7) is 4.66. The van der Waals surface area contributed by atoms with Gasteiger partial charge in [-0.1, -0.05) is 53.7 Å². The highest BCUT2D eigenvalue weighted by Crippen LogP contribution is 2.15. The van der Waals surface area contributed by atoms with E-state index in [1.54, 1.807) is 6.21 Å². The highest BCUT2D eigenvalue weighted by Gasteiger charge is 2.19. The minimum absolute atomic E-state index is 0. The zero-order chi connectivity index (χ0) is 17.3. The maximum atomic E-state index is 10.1. The Hall–Kier alpha value is -1.79. The van der Waals surface area contributed by atoms with Crippen LogP contribution in [0.5, 0.6) is 0 Å². The van der Waals surface area contributed by atoms with Gasteiger partial charge in [0.1, 0.15) is 12.7 Å². The Morgan fingerprint density at radius 2 is 1.52 bits per heavy atom. The smallest absolute Gasteiger partial charge is 0.144 e. The number of piperazine rings is 1. The molecule has 1 unspecified atom stereocenters. The molecule has 2 aromatic carbocycles. The maximum absolute atomic E-state index is 10.1. The van der Waals surface area contributed by atoms with Crippen molar-refractivity contribution in [3.05, 3.63) is 66.2 Å². The van der Waals surface area contributed by atoms with Gasteiger partial charge in [0, 0.05) is 38.4 Å². The Kier molecular flexibility index (Phi) is 10.8. The van der Waals surface area contributed by atoms with Gasteiger partial charge in [0.05, 0.1) is 6.21 Å². The van der Waals surface area contributed by atoms with Crippen LogP contribution in [0.25, 0.3) is 0 Å². The van der Waals surface area contributed by atoms with Crippen molar-refractivity contribution in [2.75, 3.05) is 44.2 Å². The fourth-order valence-electron chi connectivity index (χ4n) is 2.94. The van der Waals surface area contributed by atoms with Crippen LogP contribution in [0.4, 0.5) is 5.69 Å². The zero-order valence-corrected chi connectivity index (χ0v) is 16.8. The molecule has 0 aliphatic carbocycles. The number of oxime groups is 1. The average molecular weight is 412 g/mol. The van der Waals surface area contributed by atoms with Crippen LogP contribution < -0.4 is 4.90 Å². The van der Waals surface area contributed by atoms with Crippen LogP contribution >= 0.6 is 24.8 Å². The molecule has 2 aromatic rings. The standard InChI is InChI=1S/C20H25N3O2.2ClH/c24-20(17-25-21-15-18-7-3-1-4-8-18)16-22-11-13-23(14-12-22)19-9-5-2-6-10-19;;/h1-10,15,20,24H,11-14,16-17H2;2*1H. The van der Waals surface area contributed by atoms with Gasteiger partial charge in [0.15, 0.2) is 0 Å². The SMILES string of the molecule is Cl.Cl.OC(CON=Cc1ccccc1)CN1CCN(c2ccccc2)CC1. The second kappa shape index (κ2) is 12.6. The zero-order valence-electron chi connectivity index (χ0n) is 15.2. The molecule has 1 aliphatic rings. The number of halogens is 2. The van der Waals surface area contributed by atoms with Crippen LogP contribution in [0.1, 0.15) is 5.56 Å². The lowest BCUT2D eigenvalue weighted by Crippen LogP contribution is -2.49. The van der Waals surface area contributed by atoms with Crippen LogP contribution in [0.2, 0.25) is 0 Å². The van der Waals surface area contributed by atoms with Crippen molar-refractivity contribution in [2.24, 2.45) is 5.16 Å². The predicted octanol–water partition coefficient (Wildman–Crippen LogP) is 3.06. The van der Waals surface area contributed by atoms with Crippen LogP contribution in [0.15, 0.2) is 65.8 Å². The Bertz CT molecular complexity index is 651. The van der Waals surface area contributed by atoms with Crippen LogP contribution in [-0.2, 0) is 4.84 Å². The molecule has 5 nitrogen and oxygen atoms in total. The molecule has 1 heterocycles. The van der Waals surface area contributed by atoms with Gasteiger partial charge in [-0.25, -0.2) is 0 Å². The maximum Gasteiger partial charge on any atom is 0.144 e. The average Bonchev–Trinajstić information content (AvgIpc) is 2.67. The number of benzene rings is 2. The monoisotopic (exact) mass is 411 g/mol. The van der Waals surface area contributed by atoms with E-state index in [0.29, 0.717) is 6.54 Å². The van der Waals surface area contributed by atoms with Gasteiger partial charge in [-0.15, -0.1) is 24.8 Å². The molecular weight excluding hydrogens is 385 g/mol. The third-order valence-electron chi connectivity index (χ3n) is 4.31. The summed E-state index contributed by atoms with van der Waals surface area (Å²) in [6, 6.07) is 20.2. The Balaban J connectivity index is 0.00000182. The molecule has 0 bridgehead atoms. The largest absolute Gasteiger partial charge is 0.393 e. The van der Waals surface area contributed by atoms with Gasteiger partial charge >= 0.3 is 0 Å². The second-order valence-corrected chi connectivity index (χ2v) is 6.22. The lowest BCUT2D eigenvalue weighted by Gasteiger charge is -2.36. The van der Waals surface area contributed by atoms with Gasteiger partial charge in [-0.2, -0.15) is 0 Å². The molecule has 27 heavy (non-hydrogen) atoms. The van der Waals surface area contributed by atoms with Crippen LogP contribution in [0.3, 0.4) is 0 Å². The first-order valence-corrected chi connectivity index (χ1v) is 8.72. The molecule has 1 atom stereocenters. The Morgan fingerprint density at radius 3 is 2.15 bits per heavy atom. The lowest BCUT2D eigenvalue weighted by atomic mass is 10.2. The number of nitrogens with zero attached hydrogens (tertiary/aromatic N) is 3. The fraction of sp³-hybridized carbons (Fsp3) is 0.350. The van der Waals surface area contributed by atoms with E-state index in [9.17, 15) is 5.11 Å². The molecule has 1 N–H and O–H groups in total. The van der Waals surface area contributed by atoms with Crippen LogP contribution in [-0.4, -0.2) is 61.7 Å². The van der Waals surface area contributed by atoms with Crippen molar-refractivity contribution < 1.29 is 9.94 Å². The molecule has 0 aromatic heterocycles. The molecule has 0 saturated carbocycles. The molecule has 0 amide bonds. The highest BCUT2D eigenvalue weighted by atomic mass is 35.5. The van der Waals surface area contributed by atoms with Gasteiger partial charge in [-0.05, 0) is 17.7 Å². The minimum atomic E-state index is -0.531. The third kappa shape index (κ3) is 7.77. The third-order valence-corrected chi connectivity index (χ3v) is 4.31. The normalized spacial score (nSPS) is 15.7. The number of hydrogen-bond acceptors (Lipinski definition) is 5. The van der Waals surface area contributed by atoms with Gasteiger partial charge in [-0.3, -0.25) is 4.90 Å². The first-order valence-electron chi connectivity index (χ1n) is 8.72. The minimum Gasteiger partial charge on any atom is -0.393 e. The molecule has 1 saturated heterocycles. The van der Waals surface area contributed by atoms with Crippen molar-refractivity contribution in [1.82, 2.24) is 4.90 Å². The number of hydrogen-bond donors (Lipinski definition) is 1. The highest BCUT2D eigenvalue weighted by molar-refractivity contribution is 5.85.